The van der Waals surface area contributed by atoms with Crippen molar-refractivity contribution in [3.05, 3.63) is 24.2 Å². The molecular formula is C9H14N2O4S. The summed E-state index contributed by atoms with van der Waals surface area (Å²) in [6.45, 7) is 0.0556. The lowest BCUT2D eigenvalue weighted by Gasteiger charge is -2.10. The van der Waals surface area contributed by atoms with Crippen LogP contribution in [0.1, 0.15) is 10.6 Å². The van der Waals surface area contributed by atoms with Gasteiger partial charge in [-0.25, -0.2) is 12.7 Å². The molecule has 16 heavy (non-hydrogen) atoms. The quantitative estimate of drug-likeness (QED) is 0.787. The first-order valence-corrected chi connectivity index (χ1v) is 6.26. The third kappa shape index (κ3) is 3.35. The predicted molar refractivity (Wildman–Crippen MR) is 58.5 cm³/mol. The van der Waals surface area contributed by atoms with E-state index < -0.39 is 15.9 Å². The molecule has 0 saturated heterocycles. The largest absolute Gasteiger partial charge is 0.459 e. The van der Waals surface area contributed by atoms with Gasteiger partial charge in [0.2, 0.25) is 10.0 Å². The zero-order chi connectivity index (χ0) is 12.2. The van der Waals surface area contributed by atoms with Crippen LogP contribution < -0.4 is 5.32 Å². The van der Waals surface area contributed by atoms with E-state index in [1.54, 1.807) is 6.07 Å². The first-order chi connectivity index (χ1) is 7.43. The Labute approximate surface area is 94.3 Å². The fourth-order valence-electron chi connectivity index (χ4n) is 0.971. The molecule has 1 N–H and O–H groups in total. The van der Waals surface area contributed by atoms with E-state index in [1.165, 1.54) is 26.4 Å². The number of carbonyl (C=O) groups is 1. The van der Waals surface area contributed by atoms with Crippen LogP contribution in [0.4, 0.5) is 0 Å². The molecule has 0 atom stereocenters. The number of furan rings is 1. The van der Waals surface area contributed by atoms with Crippen molar-refractivity contribution in [1.29, 1.82) is 0 Å². The Hall–Kier alpha value is -1.34. The second kappa shape index (κ2) is 5.13. The lowest BCUT2D eigenvalue weighted by atomic mass is 10.4. The second-order valence-corrected chi connectivity index (χ2v) is 5.63. The summed E-state index contributed by atoms with van der Waals surface area (Å²) in [4.78, 5) is 11.3. The van der Waals surface area contributed by atoms with Crippen LogP contribution >= 0.6 is 0 Å². The maximum absolute atomic E-state index is 11.3. The number of sulfonamides is 1. The van der Waals surface area contributed by atoms with Crippen molar-refractivity contribution in [1.82, 2.24) is 9.62 Å². The Morgan fingerprint density at radius 1 is 1.50 bits per heavy atom. The van der Waals surface area contributed by atoms with Crippen molar-refractivity contribution in [2.45, 2.75) is 0 Å². The average Bonchev–Trinajstić information content (AvgIpc) is 2.69. The van der Waals surface area contributed by atoms with Crippen LogP contribution in [0.25, 0.3) is 0 Å². The summed E-state index contributed by atoms with van der Waals surface area (Å²) in [5, 5.41) is 2.46. The van der Waals surface area contributed by atoms with Crippen LogP contribution in [0.5, 0.6) is 0 Å². The second-order valence-electron chi connectivity index (χ2n) is 3.33. The fourth-order valence-corrected chi connectivity index (χ4v) is 1.70. The van der Waals surface area contributed by atoms with Crippen molar-refractivity contribution in [3.8, 4) is 0 Å². The summed E-state index contributed by atoms with van der Waals surface area (Å²) in [6.07, 6.45) is 1.38. The van der Waals surface area contributed by atoms with Crippen molar-refractivity contribution in [2.24, 2.45) is 0 Å². The van der Waals surface area contributed by atoms with E-state index in [0.29, 0.717) is 0 Å². The molecule has 0 radical (unpaired) electrons. The monoisotopic (exact) mass is 246 g/mol. The molecule has 0 fully saturated rings. The van der Waals surface area contributed by atoms with E-state index in [1.807, 2.05) is 0 Å². The Kier molecular flexibility index (Phi) is 4.08. The summed E-state index contributed by atoms with van der Waals surface area (Å²) < 4.78 is 28.7. The molecule has 0 bridgehead atoms. The van der Waals surface area contributed by atoms with Crippen LogP contribution in [-0.4, -0.2) is 45.0 Å². The van der Waals surface area contributed by atoms with Gasteiger partial charge in [0.25, 0.3) is 5.91 Å². The van der Waals surface area contributed by atoms with E-state index in [9.17, 15) is 13.2 Å². The number of nitrogens with one attached hydrogen (secondary N) is 1. The lowest BCUT2D eigenvalue weighted by molar-refractivity contribution is 0.0928. The molecule has 0 aliphatic carbocycles. The summed E-state index contributed by atoms with van der Waals surface area (Å²) >= 11 is 0. The van der Waals surface area contributed by atoms with E-state index in [-0.39, 0.29) is 18.1 Å². The molecule has 7 heteroatoms. The SMILES string of the molecule is CN(C)S(=O)(=O)CCNC(=O)c1ccco1. The third-order valence-electron chi connectivity index (χ3n) is 1.95. The molecule has 1 rings (SSSR count). The highest BCUT2D eigenvalue weighted by Crippen LogP contribution is 1.99. The summed E-state index contributed by atoms with van der Waals surface area (Å²) in [5.41, 5.74) is 0. The Bertz CT molecular complexity index is 436. The molecule has 90 valence electrons. The van der Waals surface area contributed by atoms with Crippen LogP contribution in [0, 0.1) is 0 Å². The molecule has 1 amide bonds. The maximum atomic E-state index is 11.3. The van der Waals surface area contributed by atoms with Crippen LogP contribution in [0.15, 0.2) is 22.8 Å². The van der Waals surface area contributed by atoms with Gasteiger partial charge in [0.05, 0.1) is 12.0 Å². The van der Waals surface area contributed by atoms with Gasteiger partial charge in [-0.2, -0.15) is 0 Å². The average molecular weight is 246 g/mol. The highest BCUT2D eigenvalue weighted by atomic mass is 32.2. The van der Waals surface area contributed by atoms with Gasteiger partial charge in [-0.15, -0.1) is 0 Å². The van der Waals surface area contributed by atoms with Gasteiger partial charge >= 0.3 is 0 Å². The number of hydrogen-bond donors (Lipinski definition) is 1. The Morgan fingerprint density at radius 2 is 2.19 bits per heavy atom. The van der Waals surface area contributed by atoms with Gasteiger partial charge in [-0.1, -0.05) is 0 Å². The van der Waals surface area contributed by atoms with Gasteiger partial charge in [-0.05, 0) is 12.1 Å². The molecule has 1 aromatic rings. The number of rotatable bonds is 5. The molecule has 6 nitrogen and oxygen atoms in total. The third-order valence-corrected chi connectivity index (χ3v) is 3.78. The zero-order valence-corrected chi connectivity index (χ0v) is 9.95. The number of amides is 1. The van der Waals surface area contributed by atoms with E-state index in [0.717, 1.165) is 4.31 Å². The van der Waals surface area contributed by atoms with Gasteiger partial charge in [-0.3, -0.25) is 4.79 Å². The van der Waals surface area contributed by atoms with E-state index in [2.05, 4.69) is 5.32 Å². The molecule has 0 aliphatic heterocycles. The molecule has 0 aliphatic rings. The minimum absolute atomic E-state index is 0.0556. The molecule has 1 aromatic heterocycles. The highest BCUT2D eigenvalue weighted by molar-refractivity contribution is 7.89. The summed E-state index contributed by atoms with van der Waals surface area (Å²) in [6, 6.07) is 3.10. The van der Waals surface area contributed by atoms with Crippen molar-refractivity contribution in [2.75, 3.05) is 26.4 Å². The molecule has 1 heterocycles. The van der Waals surface area contributed by atoms with Gasteiger partial charge in [0, 0.05) is 20.6 Å². The minimum Gasteiger partial charge on any atom is -0.459 e. The molecule has 0 aromatic carbocycles. The maximum Gasteiger partial charge on any atom is 0.287 e. The van der Waals surface area contributed by atoms with E-state index >= 15 is 0 Å². The normalized spacial score (nSPS) is 11.7. The minimum atomic E-state index is -3.27. The zero-order valence-electron chi connectivity index (χ0n) is 9.13. The number of hydrogen-bond acceptors (Lipinski definition) is 4. The van der Waals surface area contributed by atoms with Gasteiger partial charge < -0.3 is 9.73 Å². The predicted octanol–water partition coefficient (Wildman–Crippen LogP) is -0.0992. The fraction of sp³-hybridized carbons (Fsp3) is 0.444. The molecule has 0 saturated carbocycles. The Morgan fingerprint density at radius 3 is 2.69 bits per heavy atom. The van der Waals surface area contributed by atoms with Gasteiger partial charge in [0.1, 0.15) is 0 Å². The molecule has 0 spiro atoms. The van der Waals surface area contributed by atoms with Crippen LogP contribution in [0.2, 0.25) is 0 Å². The topological polar surface area (TPSA) is 79.6 Å². The van der Waals surface area contributed by atoms with Crippen LogP contribution in [0.3, 0.4) is 0 Å². The van der Waals surface area contributed by atoms with E-state index in [4.69, 9.17) is 4.42 Å². The van der Waals surface area contributed by atoms with Crippen molar-refractivity contribution in [3.63, 3.8) is 0 Å². The standard InChI is InChI=1S/C9H14N2O4S/c1-11(2)16(13,14)7-5-10-9(12)8-4-3-6-15-8/h3-4,6H,5,7H2,1-2H3,(H,10,12). The molecular weight excluding hydrogens is 232 g/mol. The first kappa shape index (κ1) is 12.7. The summed E-state index contributed by atoms with van der Waals surface area (Å²) in [7, 11) is -0.378. The van der Waals surface area contributed by atoms with Crippen molar-refractivity contribution >= 4 is 15.9 Å². The smallest absolute Gasteiger partial charge is 0.287 e. The van der Waals surface area contributed by atoms with Gasteiger partial charge in [0.15, 0.2) is 5.76 Å². The van der Waals surface area contributed by atoms with Crippen molar-refractivity contribution < 1.29 is 17.6 Å². The number of nitrogens with zero attached hydrogens (tertiary/aromatic N) is 1. The highest BCUT2D eigenvalue weighted by Gasteiger charge is 2.14. The first-order valence-electron chi connectivity index (χ1n) is 4.65. The summed E-state index contributed by atoms with van der Waals surface area (Å²) in [5.74, 6) is -0.381. The van der Waals surface area contributed by atoms with Crippen LogP contribution in [-0.2, 0) is 10.0 Å². The number of carbonyl (C=O) groups excluding carboxylic acids is 1. The Balaban J connectivity index is 2.40. The molecule has 0 unspecified atom stereocenters. The lowest BCUT2D eigenvalue weighted by Crippen LogP contribution is -2.33.